The summed E-state index contributed by atoms with van der Waals surface area (Å²) in [6, 6.07) is 5.46. The number of rotatable bonds is 8. The van der Waals surface area contributed by atoms with Crippen LogP contribution in [0.1, 0.15) is 51.4 Å². The highest BCUT2D eigenvalue weighted by atomic mass is 35.5. The van der Waals surface area contributed by atoms with E-state index >= 15 is 0 Å². The first-order valence-corrected chi connectivity index (χ1v) is 9.34. The van der Waals surface area contributed by atoms with Gasteiger partial charge in [-0.15, -0.1) is 0 Å². The molecule has 1 heterocycles. The molecule has 24 heavy (non-hydrogen) atoms. The lowest BCUT2D eigenvalue weighted by atomic mass is 10.1. The van der Waals surface area contributed by atoms with Gasteiger partial charge in [0, 0.05) is 10.6 Å². The second-order valence-corrected chi connectivity index (χ2v) is 6.50. The predicted octanol–water partition coefficient (Wildman–Crippen LogP) is 6.14. The molecule has 0 saturated heterocycles. The third-order valence-corrected chi connectivity index (χ3v) is 4.39. The number of aromatic nitrogens is 2. The maximum atomic E-state index is 6.36. The van der Waals surface area contributed by atoms with Crippen LogP contribution in [0.2, 0.25) is 10.0 Å². The molecule has 0 N–H and O–H groups in total. The number of hydrogen-bond donors (Lipinski definition) is 0. The van der Waals surface area contributed by atoms with Crippen LogP contribution in [-0.4, -0.2) is 16.6 Å². The van der Waals surface area contributed by atoms with Crippen LogP contribution in [-0.2, 0) is 12.8 Å². The van der Waals surface area contributed by atoms with Crippen LogP contribution >= 0.6 is 23.2 Å². The molecule has 3 nitrogen and oxygen atoms in total. The molecule has 0 radical (unpaired) electrons. The minimum absolute atomic E-state index is 0.588. The van der Waals surface area contributed by atoms with E-state index in [-0.39, 0.29) is 0 Å². The van der Waals surface area contributed by atoms with Gasteiger partial charge in [0.05, 0.1) is 23.0 Å². The summed E-state index contributed by atoms with van der Waals surface area (Å²) in [4.78, 5) is 9.53. The van der Waals surface area contributed by atoms with Crippen molar-refractivity contribution in [1.29, 1.82) is 0 Å². The average Bonchev–Trinajstić information content (AvgIpc) is 2.58. The Labute approximate surface area is 154 Å². The molecule has 5 heteroatoms. The van der Waals surface area contributed by atoms with Crippen molar-refractivity contribution < 1.29 is 4.74 Å². The fourth-order valence-electron chi connectivity index (χ4n) is 2.50. The van der Waals surface area contributed by atoms with Gasteiger partial charge in [-0.05, 0) is 37.5 Å². The summed E-state index contributed by atoms with van der Waals surface area (Å²) in [5.74, 6) is 0.652. The van der Waals surface area contributed by atoms with Gasteiger partial charge in [-0.2, -0.15) is 0 Å². The highest BCUT2D eigenvalue weighted by molar-refractivity contribution is 6.36. The molecule has 1 aromatic heterocycles. The number of benzene rings is 1. The highest BCUT2D eigenvalue weighted by Crippen LogP contribution is 2.32. The summed E-state index contributed by atoms with van der Waals surface area (Å²) in [6.07, 6.45) is 4.89. The third-order valence-electron chi connectivity index (χ3n) is 3.85. The van der Waals surface area contributed by atoms with Crippen molar-refractivity contribution in [2.24, 2.45) is 0 Å². The van der Waals surface area contributed by atoms with E-state index in [0.29, 0.717) is 22.5 Å². The molecule has 2 rings (SSSR count). The first-order chi connectivity index (χ1) is 11.6. The van der Waals surface area contributed by atoms with Crippen molar-refractivity contribution in [3.63, 3.8) is 0 Å². The molecule has 0 spiro atoms. The topological polar surface area (TPSA) is 35.0 Å². The number of unbranched alkanes of at least 4 members (excludes halogenated alkanes) is 2. The Morgan fingerprint density at radius 2 is 1.71 bits per heavy atom. The zero-order valence-electron chi connectivity index (χ0n) is 14.5. The Bertz CT molecular complexity index is 689. The van der Waals surface area contributed by atoms with Crippen LogP contribution in [0.25, 0.3) is 11.3 Å². The number of ether oxygens (including phenoxy) is 1. The zero-order chi connectivity index (χ0) is 17.5. The Kier molecular flexibility index (Phi) is 7.32. The van der Waals surface area contributed by atoms with Crippen molar-refractivity contribution >= 4 is 23.2 Å². The minimum Gasteiger partial charge on any atom is -0.476 e. The standard InChI is InChI=1S/C19H24Cl2N2O/c1-4-7-8-11-24-19-17(6-3)22-18(16(5-2)23-19)14-10-9-13(20)12-15(14)21/h9-10,12H,4-8,11H2,1-3H3. The molecule has 0 bridgehead atoms. The number of nitrogens with zero attached hydrogens (tertiary/aromatic N) is 2. The molecule has 0 atom stereocenters. The van der Waals surface area contributed by atoms with E-state index < -0.39 is 0 Å². The fraction of sp³-hybridized carbons (Fsp3) is 0.474. The smallest absolute Gasteiger partial charge is 0.235 e. The summed E-state index contributed by atoms with van der Waals surface area (Å²) >= 11 is 12.4. The first-order valence-electron chi connectivity index (χ1n) is 8.58. The van der Waals surface area contributed by atoms with Crippen molar-refractivity contribution in [3.05, 3.63) is 39.6 Å². The van der Waals surface area contributed by atoms with Crippen LogP contribution in [0.15, 0.2) is 18.2 Å². The van der Waals surface area contributed by atoms with Crippen LogP contribution in [0.3, 0.4) is 0 Å². The van der Waals surface area contributed by atoms with Gasteiger partial charge in [-0.25, -0.2) is 9.97 Å². The van der Waals surface area contributed by atoms with Crippen LogP contribution in [0.5, 0.6) is 5.88 Å². The van der Waals surface area contributed by atoms with E-state index in [1.165, 1.54) is 6.42 Å². The minimum atomic E-state index is 0.588. The van der Waals surface area contributed by atoms with E-state index in [2.05, 4.69) is 20.8 Å². The van der Waals surface area contributed by atoms with Crippen LogP contribution in [0, 0.1) is 0 Å². The van der Waals surface area contributed by atoms with Crippen molar-refractivity contribution in [1.82, 2.24) is 9.97 Å². The predicted molar refractivity (Wildman–Crippen MR) is 101 cm³/mol. The molecule has 0 amide bonds. The molecule has 0 aliphatic carbocycles. The third kappa shape index (κ3) is 4.61. The van der Waals surface area contributed by atoms with Crippen molar-refractivity contribution in [3.8, 4) is 17.1 Å². The summed E-state index contributed by atoms with van der Waals surface area (Å²) in [5, 5.41) is 1.20. The lowest BCUT2D eigenvalue weighted by Crippen LogP contribution is -2.08. The molecule has 0 aliphatic heterocycles. The largest absolute Gasteiger partial charge is 0.476 e. The van der Waals surface area contributed by atoms with E-state index in [0.717, 1.165) is 48.3 Å². The van der Waals surface area contributed by atoms with E-state index in [4.69, 9.17) is 37.9 Å². The Morgan fingerprint density at radius 1 is 0.958 bits per heavy atom. The Morgan fingerprint density at radius 3 is 2.33 bits per heavy atom. The SMILES string of the molecule is CCCCCOc1nc(CC)c(-c2ccc(Cl)cc2Cl)nc1CC. The lowest BCUT2D eigenvalue weighted by molar-refractivity contribution is 0.289. The molecule has 0 saturated carbocycles. The number of halogens is 2. The zero-order valence-corrected chi connectivity index (χ0v) is 16.0. The van der Waals surface area contributed by atoms with Crippen molar-refractivity contribution in [2.45, 2.75) is 52.9 Å². The van der Waals surface area contributed by atoms with Gasteiger partial charge in [-0.3, -0.25) is 0 Å². The van der Waals surface area contributed by atoms with Gasteiger partial charge in [0.2, 0.25) is 5.88 Å². The summed E-state index contributed by atoms with van der Waals surface area (Å²) < 4.78 is 5.89. The lowest BCUT2D eigenvalue weighted by Gasteiger charge is -2.14. The molecular weight excluding hydrogens is 343 g/mol. The van der Waals surface area contributed by atoms with Gasteiger partial charge < -0.3 is 4.74 Å². The van der Waals surface area contributed by atoms with Gasteiger partial charge in [-0.1, -0.05) is 56.8 Å². The Balaban J connectivity index is 2.38. The Hall–Kier alpha value is -1.32. The summed E-state index contributed by atoms with van der Waals surface area (Å²) in [5.41, 5.74) is 3.43. The number of hydrogen-bond acceptors (Lipinski definition) is 3. The molecule has 0 aliphatic rings. The normalized spacial score (nSPS) is 10.9. The van der Waals surface area contributed by atoms with Gasteiger partial charge in [0.15, 0.2) is 0 Å². The average molecular weight is 367 g/mol. The molecule has 0 unspecified atom stereocenters. The van der Waals surface area contributed by atoms with Crippen LogP contribution < -0.4 is 4.74 Å². The maximum Gasteiger partial charge on any atom is 0.235 e. The maximum absolute atomic E-state index is 6.36. The summed E-state index contributed by atoms with van der Waals surface area (Å²) in [6.45, 7) is 6.97. The second kappa shape index (κ2) is 9.24. The van der Waals surface area contributed by atoms with Crippen molar-refractivity contribution in [2.75, 3.05) is 6.61 Å². The van der Waals surface area contributed by atoms with E-state index in [1.807, 2.05) is 12.1 Å². The molecule has 1 aromatic carbocycles. The number of aryl methyl sites for hydroxylation is 2. The molecule has 130 valence electrons. The van der Waals surface area contributed by atoms with Gasteiger partial charge in [0.1, 0.15) is 5.69 Å². The van der Waals surface area contributed by atoms with E-state index in [1.54, 1.807) is 6.07 Å². The quantitative estimate of drug-likeness (QED) is 0.525. The molecule has 2 aromatic rings. The van der Waals surface area contributed by atoms with E-state index in [9.17, 15) is 0 Å². The second-order valence-electron chi connectivity index (χ2n) is 5.66. The van der Waals surface area contributed by atoms with Crippen LogP contribution in [0.4, 0.5) is 0 Å². The first kappa shape index (κ1) is 19.0. The van der Waals surface area contributed by atoms with Gasteiger partial charge >= 0.3 is 0 Å². The molecule has 0 fully saturated rings. The van der Waals surface area contributed by atoms with Gasteiger partial charge in [0.25, 0.3) is 0 Å². The highest BCUT2D eigenvalue weighted by Gasteiger charge is 2.16. The summed E-state index contributed by atoms with van der Waals surface area (Å²) in [7, 11) is 0. The fourth-order valence-corrected chi connectivity index (χ4v) is 3.00. The molecular formula is C19H24Cl2N2O. The monoisotopic (exact) mass is 366 g/mol.